The fourth-order valence-electron chi connectivity index (χ4n) is 2.19. The number of aliphatic hydroxyl groups excluding tert-OH is 1. The number of amides is 2. The molecule has 2 heterocycles. The highest BCUT2D eigenvalue weighted by atomic mass is 32.1. The second-order valence-electron chi connectivity index (χ2n) is 4.51. The lowest BCUT2D eigenvalue weighted by Gasteiger charge is -2.16. The Labute approximate surface area is 114 Å². The maximum absolute atomic E-state index is 12.0. The Kier molecular flexibility index (Phi) is 4.39. The van der Waals surface area contributed by atoms with Crippen LogP contribution in [0.15, 0.2) is 11.4 Å². The molecule has 1 saturated heterocycles. The Morgan fingerprint density at radius 3 is 3.00 bits per heavy atom. The summed E-state index contributed by atoms with van der Waals surface area (Å²) in [6.45, 7) is 1.39. The number of hydrogen-bond acceptors (Lipinski definition) is 4. The van der Waals surface area contributed by atoms with Crippen LogP contribution in [0.4, 0.5) is 9.80 Å². The number of aliphatic hydroxyl groups is 1. The Bertz CT molecular complexity index is 474. The molecule has 104 valence electrons. The van der Waals surface area contributed by atoms with Gasteiger partial charge in [0.05, 0.1) is 5.56 Å². The van der Waals surface area contributed by atoms with Gasteiger partial charge in [-0.05, 0) is 30.2 Å². The quantitative estimate of drug-likeness (QED) is 0.784. The van der Waals surface area contributed by atoms with E-state index in [4.69, 9.17) is 10.2 Å². The highest BCUT2D eigenvalue weighted by molar-refractivity contribution is 7.14. The Morgan fingerprint density at radius 1 is 1.53 bits per heavy atom. The first-order valence-electron chi connectivity index (χ1n) is 6.09. The molecular formula is C12H16N2O4S. The molecule has 1 atom stereocenters. The summed E-state index contributed by atoms with van der Waals surface area (Å²) >= 11 is 1.20. The zero-order valence-corrected chi connectivity index (χ0v) is 11.2. The first-order chi connectivity index (χ1) is 9.11. The lowest BCUT2D eigenvalue weighted by Crippen LogP contribution is -2.33. The van der Waals surface area contributed by atoms with E-state index in [0.29, 0.717) is 30.4 Å². The third kappa shape index (κ3) is 3.24. The summed E-state index contributed by atoms with van der Waals surface area (Å²) in [5.41, 5.74) is 0.115. The fraction of sp³-hybridized carbons (Fsp3) is 0.500. The van der Waals surface area contributed by atoms with Gasteiger partial charge < -0.3 is 15.1 Å². The van der Waals surface area contributed by atoms with E-state index in [-0.39, 0.29) is 18.2 Å². The standard InChI is InChI=1S/C12H16N2O4S/c15-5-2-8-1-4-14(7-8)12(18)13-10-9(11(16)17)3-6-19-10/h3,6,8,15H,1-2,4-5,7H2,(H,13,18)(H,16,17). The van der Waals surface area contributed by atoms with Crippen LogP contribution in [0.2, 0.25) is 0 Å². The van der Waals surface area contributed by atoms with E-state index in [0.717, 1.165) is 6.42 Å². The van der Waals surface area contributed by atoms with Gasteiger partial charge in [-0.2, -0.15) is 0 Å². The molecule has 0 aliphatic carbocycles. The van der Waals surface area contributed by atoms with Crippen molar-refractivity contribution in [2.75, 3.05) is 25.0 Å². The van der Waals surface area contributed by atoms with Gasteiger partial charge in [0.1, 0.15) is 5.00 Å². The van der Waals surface area contributed by atoms with Crippen LogP contribution in [0.1, 0.15) is 23.2 Å². The maximum Gasteiger partial charge on any atom is 0.338 e. The first kappa shape index (κ1) is 13.8. The van der Waals surface area contributed by atoms with Gasteiger partial charge in [-0.15, -0.1) is 11.3 Å². The minimum atomic E-state index is -1.05. The third-order valence-corrected chi connectivity index (χ3v) is 4.06. The van der Waals surface area contributed by atoms with Crippen LogP contribution < -0.4 is 5.32 Å². The Balaban J connectivity index is 1.94. The van der Waals surface area contributed by atoms with Gasteiger partial charge in [0, 0.05) is 19.7 Å². The van der Waals surface area contributed by atoms with Gasteiger partial charge >= 0.3 is 12.0 Å². The predicted octanol–water partition coefficient (Wildman–Crippen LogP) is 1.68. The summed E-state index contributed by atoms with van der Waals surface area (Å²) in [4.78, 5) is 24.6. The number of anilines is 1. The van der Waals surface area contributed by atoms with Gasteiger partial charge in [0.2, 0.25) is 0 Å². The number of likely N-dealkylation sites (tertiary alicyclic amines) is 1. The van der Waals surface area contributed by atoms with Gasteiger partial charge in [-0.25, -0.2) is 9.59 Å². The summed E-state index contributed by atoms with van der Waals surface area (Å²) < 4.78 is 0. The number of carboxylic acid groups (broad SMARTS) is 1. The van der Waals surface area contributed by atoms with Crippen molar-refractivity contribution >= 4 is 28.3 Å². The van der Waals surface area contributed by atoms with Crippen LogP contribution in [0, 0.1) is 5.92 Å². The summed E-state index contributed by atoms with van der Waals surface area (Å²) in [6.07, 6.45) is 1.58. The molecule has 1 unspecified atom stereocenters. The number of carboxylic acids is 1. The van der Waals surface area contributed by atoms with E-state index in [9.17, 15) is 9.59 Å². The number of carbonyl (C=O) groups is 2. The van der Waals surface area contributed by atoms with Crippen molar-refractivity contribution in [3.8, 4) is 0 Å². The summed E-state index contributed by atoms with van der Waals surface area (Å²) in [7, 11) is 0. The molecule has 0 radical (unpaired) electrons. The third-order valence-electron chi connectivity index (χ3n) is 3.23. The molecule has 6 nitrogen and oxygen atoms in total. The molecule has 0 bridgehead atoms. The topological polar surface area (TPSA) is 89.9 Å². The van der Waals surface area contributed by atoms with Crippen molar-refractivity contribution in [3.63, 3.8) is 0 Å². The van der Waals surface area contributed by atoms with E-state index in [1.165, 1.54) is 17.4 Å². The summed E-state index contributed by atoms with van der Waals surface area (Å²) in [5.74, 6) is -0.714. The second-order valence-corrected chi connectivity index (χ2v) is 5.43. The number of rotatable bonds is 4. The van der Waals surface area contributed by atoms with Crippen molar-refractivity contribution in [1.29, 1.82) is 0 Å². The minimum Gasteiger partial charge on any atom is -0.478 e. The predicted molar refractivity (Wildman–Crippen MR) is 71.7 cm³/mol. The molecule has 0 aromatic carbocycles. The zero-order valence-electron chi connectivity index (χ0n) is 10.3. The number of urea groups is 1. The lowest BCUT2D eigenvalue weighted by molar-refractivity contribution is 0.0698. The molecule has 1 aliphatic rings. The van der Waals surface area contributed by atoms with Crippen molar-refractivity contribution < 1.29 is 19.8 Å². The Morgan fingerprint density at radius 2 is 2.32 bits per heavy atom. The molecular weight excluding hydrogens is 268 g/mol. The van der Waals surface area contributed by atoms with E-state index in [1.807, 2.05) is 0 Å². The first-order valence-corrected chi connectivity index (χ1v) is 6.97. The van der Waals surface area contributed by atoms with Crippen LogP contribution in [-0.4, -0.2) is 46.8 Å². The number of thiophene rings is 1. The number of nitrogens with zero attached hydrogens (tertiary/aromatic N) is 1. The van der Waals surface area contributed by atoms with Crippen molar-refractivity contribution in [3.05, 3.63) is 17.0 Å². The second kappa shape index (κ2) is 6.03. The molecule has 2 amide bonds. The van der Waals surface area contributed by atoms with E-state index < -0.39 is 5.97 Å². The maximum atomic E-state index is 12.0. The summed E-state index contributed by atoms with van der Waals surface area (Å²) in [5, 5.41) is 22.5. The van der Waals surface area contributed by atoms with Crippen molar-refractivity contribution in [2.45, 2.75) is 12.8 Å². The van der Waals surface area contributed by atoms with Gasteiger partial charge in [0.15, 0.2) is 0 Å². The number of aromatic carboxylic acids is 1. The minimum absolute atomic E-state index is 0.115. The molecule has 2 rings (SSSR count). The molecule has 0 spiro atoms. The molecule has 1 aromatic rings. The monoisotopic (exact) mass is 284 g/mol. The SMILES string of the molecule is O=C(O)c1ccsc1NC(=O)N1CCC(CCO)C1. The average Bonchev–Trinajstić information content (AvgIpc) is 2.98. The zero-order chi connectivity index (χ0) is 13.8. The number of carbonyl (C=O) groups excluding carboxylic acids is 1. The molecule has 1 aromatic heterocycles. The molecule has 1 fully saturated rings. The molecule has 3 N–H and O–H groups in total. The highest BCUT2D eigenvalue weighted by Crippen LogP contribution is 2.25. The normalized spacial score (nSPS) is 18.6. The van der Waals surface area contributed by atoms with Crippen LogP contribution >= 0.6 is 11.3 Å². The summed E-state index contributed by atoms with van der Waals surface area (Å²) in [6, 6.07) is 1.20. The van der Waals surface area contributed by atoms with E-state index >= 15 is 0 Å². The van der Waals surface area contributed by atoms with Crippen LogP contribution in [0.5, 0.6) is 0 Å². The largest absolute Gasteiger partial charge is 0.478 e. The number of hydrogen-bond donors (Lipinski definition) is 3. The molecule has 19 heavy (non-hydrogen) atoms. The highest BCUT2D eigenvalue weighted by Gasteiger charge is 2.26. The number of nitrogens with one attached hydrogen (secondary N) is 1. The molecule has 0 saturated carbocycles. The molecule has 7 heteroatoms. The average molecular weight is 284 g/mol. The Hall–Kier alpha value is -1.60. The van der Waals surface area contributed by atoms with Crippen LogP contribution in [0.25, 0.3) is 0 Å². The van der Waals surface area contributed by atoms with E-state index in [2.05, 4.69) is 5.32 Å². The smallest absolute Gasteiger partial charge is 0.338 e. The molecule has 1 aliphatic heterocycles. The van der Waals surface area contributed by atoms with Crippen molar-refractivity contribution in [2.24, 2.45) is 5.92 Å². The van der Waals surface area contributed by atoms with E-state index in [1.54, 1.807) is 10.3 Å². The van der Waals surface area contributed by atoms with Gasteiger partial charge in [0.25, 0.3) is 0 Å². The van der Waals surface area contributed by atoms with Gasteiger partial charge in [-0.1, -0.05) is 0 Å². The fourth-order valence-corrected chi connectivity index (χ4v) is 2.95. The van der Waals surface area contributed by atoms with Crippen LogP contribution in [-0.2, 0) is 0 Å². The van der Waals surface area contributed by atoms with Crippen LogP contribution in [0.3, 0.4) is 0 Å². The van der Waals surface area contributed by atoms with Gasteiger partial charge in [-0.3, -0.25) is 5.32 Å². The van der Waals surface area contributed by atoms with Crippen molar-refractivity contribution in [1.82, 2.24) is 4.90 Å². The lowest BCUT2D eigenvalue weighted by atomic mass is 10.1.